The van der Waals surface area contributed by atoms with Crippen LogP contribution in [0.1, 0.15) is 21.7 Å². The van der Waals surface area contributed by atoms with Crippen molar-refractivity contribution in [1.82, 2.24) is 14.9 Å². The van der Waals surface area contributed by atoms with Crippen LogP contribution < -0.4 is 19.7 Å². The Bertz CT molecular complexity index is 818. The molecule has 1 aliphatic rings. The SMILES string of the molecule is COc1cc(OC)cc(C(=O)Nc2c(C)nc(N3CCN(C)CC3)nc2C)c1. The molecule has 0 radical (unpaired) electrons. The molecule has 8 heteroatoms. The fraction of sp³-hybridized carbons (Fsp3) is 0.450. The molecule has 28 heavy (non-hydrogen) atoms. The number of ether oxygens (including phenoxy) is 2. The van der Waals surface area contributed by atoms with Gasteiger partial charge in [-0.3, -0.25) is 4.79 Å². The molecule has 3 rings (SSSR count). The van der Waals surface area contributed by atoms with E-state index < -0.39 is 0 Å². The lowest BCUT2D eigenvalue weighted by Crippen LogP contribution is -2.45. The van der Waals surface area contributed by atoms with E-state index in [1.54, 1.807) is 32.4 Å². The van der Waals surface area contributed by atoms with Crippen LogP contribution in [0.25, 0.3) is 0 Å². The molecule has 1 aliphatic heterocycles. The second-order valence-corrected chi connectivity index (χ2v) is 6.92. The van der Waals surface area contributed by atoms with Crippen LogP contribution in [0, 0.1) is 13.8 Å². The predicted molar refractivity (Wildman–Crippen MR) is 109 cm³/mol. The van der Waals surface area contributed by atoms with E-state index >= 15 is 0 Å². The summed E-state index contributed by atoms with van der Waals surface area (Å²) in [6, 6.07) is 5.06. The van der Waals surface area contributed by atoms with Crippen molar-refractivity contribution in [3.8, 4) is 11.5 Å². The lowest BCUT2D eigenvalue weighted by atomic mass is 10.1. The van der Waals surface area contributed by atoms with E-state index in [2.05, 4.69) is 32.1 Å². The number of carbonyl (C=O) groups excluding carboxylic acids is 1. The number of piperazine rings is 1. The van der Waals surface area contributed by atoms with E-state index in [0.717, 1.165) is 37.6 Å². The highest BCUT2D eigenvalue weighted by Gasteiger charge is 2.20. The van der Waals surface area contributed by atoms with Crippen molar-refractivity contribution in [2.24, 2.45) is 0 Å². The number of benzene rings is 1. The summed E-state index contributed by atoms with van der Waals surface area (Å²) in [4.78, 5) is 26.5. The molecule has 2 aromatic rings. The maximum Gasteiger partial charge on any atom is 0.256 e. The first-order chi connectivity index (χ1) is 13.4. The fourth-order valence-corrected chi connectivity index (χ4v) is 3.15. The number of carbonyl (C=O) groups is 1. The van der Waals surface area contributed by atoms with Crippen molar-refractivity contribution in [1.29, 1.82) is 0 Å². The van der Waals surface area contributed by atoms with Crippen molar-refractivity contribution in [2.45, 2.75) is 13.8 Å². The van der Waals surface area contributed by atoms with Gasteiger partial charge in [-0.2, -0.15) is 0 Å². The Morgan fingerprint density at radius 2 is 1.50 bits per heavy atom. The summed E-state index contributed by atoms with van der Waals surface area (Å²) in [5, 5.41) is 2.93. The normalized spacial score (nSPS) is 14.7. The zero-order valence-electron chi connectivity index (χ0n) is 17.1. The molecule has 1 amide bonds. The molecule has 150 valence electrons. The van der Waals surface area contributed by atoms with Gasteiger partial charge in [-0.15, -0.1) is 0 Å². The van der Waals surface area contributed by atoms with Gasteiger partial charge in [0.05, 0.1) is 31.3 Å². The minimum atomic E-state index is -0.264. The molecule has 0 saturated carbocycles. The third kappa shape index (κ3) is 4.33. The fourth-order valence-electron chi connectivity index (χ4n) is 3.15. The number of rotatable bonds is 5. The van der Waals surface area contributed by atoms with Gasteiger partial charge in [-0.25, -0.2) is 9.97 Å². The molecule has 0 bridgehead atoms. The Labute approximate surface area is 165 Å². The minimum absolute atomic E-state index is 0.264. The van der Waals surface area contributed by atoms with Crippen LogP contribution >= 0.6 is 0 Å². The van der Waals surface area contributed by atoms with Crippen molar-refractivity contribution in [3.05, 3.63) is 35.2 Å². The van der Waals surface area contributed by atoms with E-state index in [4.69, 9.17) is 9.47 Å². The monoisotopic (exact) mass is 385 g/mol. The van der Waals surface area contributed by atoms with Crippen molar-refractivity contribution < 1.29 is 14.3 Å². The predicted octanol–water partition coefficient (Wildman–Crippen LogP) is 2.11. The number of hydrogen-bond donors (Lipinski definition) is 1. The van der Waals surface area contributed by atoms with E-state index in [0.29, 0.717) is 28.7 Å². The number of methoxy groups -OCH3 is 2. The lowest BCUT2D eigenvalue weighted by molar-refractivity contribution is 0.102. The average Bonchev–Trinajstić information content (AvgIpc) is 2.70. The highest BCUT2D eigenvalue weighted by Crippen LogP contribution is 2.25. The number of nitrogens with one attached hydrogen (secondary N) is 1. The van der Waals surface area contributed by atoms with Gasteiger partial charge in [0, 0.05) is 37.8 Å². The molecule has 0 spiro atoms. The Morgan fingerprint density at radius 3 is 2.00 bits per heavy atom. The molecule has 8 nitrogen and oxygen atoms in total. The zero-order chi connectivity index (χ0) is 20.3. The van der Waals surface area contributed by atoms with Crippen molar-refractivity contribution >= 4 is 17.5 Å². The summed E-state index contributed by atoms with van der Waals surface area (Å²) in [5.41, 5.74) is 2.55. The standard InChI is InChI=1S/C20H27N5O3/c1-13-18(14(2)22-20(21-13)25-8-6-24(3)7-9-25)23-19(26)15-10-16(27-4)12-17(11-15)28-5/h10-12H,6-9H2,1-5H3,(H,23,26). The Balaban J connectivity index is 1.81. The van der Waals surface area contributed by atoms with Crippen molar-refractivity contribution in [3.63, 3.8) is 0 Å². The quantitative estimate of drug-likeness (QED) is 0.844. The van der Waals surface area contributed by atoms with Gasteiger partial charge in [0.15, 0.2) is 0 Å². The second-order valence-electron chi connectivity index (χ2n) is 6.92. The largest absolute Gasteiger partial charge is 0.497 e. The molecule has 1 fully saturated rings. The smallest absolute Gasteiger partial charge is 0.256 e. The number of likely N-dealkylation sites (N-methyl/N-ethyl adjacent to an activating group) is 1. The summed E-state index contributed by atoms with van der Waals surface area (Å²) < 4.78 is 10.5. The summed E-state index contributed by atoms with van der Waals surface area (Å²) >= 11 is 0. The highest BCUT2D eigenvalue weighted by molar-refractivity contribution is 6.05. The first-order valence-electron chi connectivity index (χ1n) is 9.24. The van der Waals surface area contributed by atoms with Gasteiger partial charge >= 0.3 is 0 Å². The summed E-state index contributed by atoms with van der Waals surface area (Å²) in [6.45, 7) is 7.52. The number of aryl methyl sites for hydroxylation is 2. The van der Waals surface area contributed by atoms with Crippen LogP contribution in [-0.4, -0.2) is 68.2 Å². The molecule has 1 aromatic carbocycles. The van der Waals surface area contributed by atoms with E-state index in [1.807, 2.05) is 13.8 Å². The number of nitrogens with zero attached hydrogens (tertiary/aromatic N) is 4. The maximum absolute atomic E-state index is 12.8. The minimum Gasteiger partial charge on any atom is -0.497 e. The van der Waals surface area contributed by atoms with Gasteiger partial charge in [-0.1, -0.05) is 0 Å². The topological polar surface area (TPSA) is 79.8 Å². The first kappa shape index (κ1) is 19.9. The Morgan fingerprint density at radius 1 is 0.964 bits per heavy atom. The van der Waals surface area contributed by atoms with Gasteiger partial charge in [0.1, 0.15) is 11.5 Å². The van der Waals surface area contributed by atoms with E-state index in [1.165, 1.54) is 0 Å². The second kappa shape index (κ2) is 8.43. The Hall–Kier alpha value is -2.87. The number of amides is 1. The molecule has 1 aromatic heterocycles. The zero-order valence-corrected chi connectivity index (χ0v) is 17.1. The van der Waals surface area contributed by atoms with Crippen LogP contribution in [0.3, 0.4) is 0 Å². The molecule has 0 unspecified atom stereocenters. The molecule has 0 atom stereocenters. The van der Waals surface area contributed by atoms with Gasteiger partial charge in [0.25, 0.3) is 5.91 Å². The summed E-state index contributed by atoms with van der Waals surface area (Å²) in [6.07, 6.45) is 0. The van der Waals surface area contributed by atoms with Crippen LogP contribution in [0.15, 0.2) is 18.2 Å². The molecular weight excluding hydrogens is 358 g/mol. The molecule has 2 heterocycles. The number of aromatic nitrogens is 2. The van der Waals surface area contributed by atoms with Crippen LogP contribution in [0.4, 0.5) is 11.6 Å². The van der Waals surface area contributed by atoms with Crippen LogP contribution in [0.5, 0.6) is 11.5 Å². The Kier molecular flexibility index (Phi) is 5.99. The molecular formula is C20H27N5O3. The average molecular weight is 385 g/mol. The van der Waals surface area contributed by atoms with Gasteiger partial charge in [0.2, 0.25) is 5.95 Å². The third-order valence-electron chi connectivity index (χ3n) is 4.90. The molecule has 0 aliphatic carbocycles. The summed E-state index contributed by atoms with van der Waals surface area (Å²) in [7, 11) is 5.21. The first-order valence-corrected chi connectivity index (χ1v) is 9.24. The lowest BCUT2D eigenvalue weighted by Gasteiger charge is -2.32. The van der Waals surface area contributed by atoms with E-state index in [9.17, 15) is 4.79 Å². The van der Waals surface area contributed by atoms with Crippen molar-refractivity contribution in [2.75, 3.05) is 57.7 Å². The van der Waals surface area contributed by atoms with E-state index in [-0.39, 0.29) is 5.91 Å². The van der Waals surface area contributed by atoms with Crippen LogP contribution in [0.2, 0.25) is 0 Å². The van der Waals surface area contributed by atoms with Gasteiger partial charge in [-0.05, 0) is 33.0 Å². The number of anilines is 2. The maximum atomic E-state index is 12.8. The van der Waals surface area contributed by atoms with Gasteiger partial charge < -0.3 is 24.6 Å². The number of hydrogen-bond acceptors (Lipinski definition) is 7. The molecule has 1 N–H and O–H groups in total. The molecule has 1 saturated heterocycles. The van der Waals surface area contributed by atoms with Crippen LogP contribution in [-0.2, 0) is 0 Å². The third-order valence-corrected chi connectivity index (χ3v) is 4.90. The highest BCUT2D eigenvalue weighted by atomic mass is 16.5. The summed E-state index contributed by atoms with van der Waals surface area (Å²) in [5.74, 6) is 1.56.